The Kier molecular flexibility index (Phi) is 6.40. The standard InChI is InChI=1S/C29H23F3N6O2/c30-29(31,32)20-5-1-3-19(13-20)24-8-9-25-27(36-24)38(22-10-12-37(25)16-22)28(39)35-21-7-6-18(4-2-11-33)23(14-21)26-15-34-17-40-26/h1,3,5-9,13-15,17,22H,10-12,16,33H2,(H,35,39)/t22-/m0/s1. The van der Waals surface area contributed by atoms with Gasteiger partial charge in [-0.1, -0.05) is 24.0 Å². The van der Waals surface area contributed by atoms with Crippen LogP contribution in [0.4, 0.5) is 35.2 Å². The Bertz CT molecular complexity index is 1640. The predicted octanol–water partition coefficient (Wildman–Crippen LogP) is 5.36. The van der Waals surface area contributed by atoms with Gasteiger partial charge in [-0.15, -0.1) is 0 Å². The summed E-state index contributed by atoms with van der Waals surface area (Å²) in [7, 11) is 0. The molecule has 1 atom stereocenters. The minimum absolute atomic E-state index is 0.139. The van der Waals surface area contributed by atoms with Gasteiger partial charge < -0.3 is 20.4 Å². The lowest BCUT2D eigenvalue weighted by atomic mass is 10.0. The van der Waals surface area contributed by atoms with E-state index in [4.69, 9.17) is 15.1 Å². The van der Waals surface area contributed by atoms with E-state index in [1.54, 1.807) is 41.4 Å². The molecule has 0 radical (unpaired) electrons. The van der Waals surface area contributed by atoms with Gasteiger partial charge in [0, 0.05) is 35.5 Å². The van der Waals surface area contributed by atoms with Crippen molar-refractivity contribution in [2.45, 2.75) is 18.6 Å². The summed E-state index contributed by atoms with van der Waals surface area (Å²) in [6.07, 6.45) is -0.872. The highest BCUT2D eigenvalue weighted by atomic mass is 19.4. The number of amides is 2. The average Bonchev–Trinajstić information content (AvgIpc) is 3.63. The molecule has 3 N–H and O–H groups in total. The number of oxazole rings is 1. The van der Waals surface area contributed by atoms with Gasteiger partial charge in [0.05, 0.1) is 35.7 Å². The molecule has 40 heavy (non-hydrogen) atoms. The number of nitrogens with zero attached hydrogens (tertiary/aromatic N) is 4. The van der Waals surface area contributed by atoms with Gasteiger partial charge in [-0.2, -0.15) is 13.2 Å². The Morgan fingerprint density at radius 3 is 2.83 bits per heavy atom. The van der Waals surface area contributed by atoms with Gasteiger partial charge in [0.2, 0.25) is 0 Å². The normalized spacial score (nSPS) is 15.8. The fraction of sp³-hybridized carbons (Fsp3) is 0.207. The van der Waals surface area contributed by atoms with Crippen LogP contribution in [0.1, 0.15) is 17.5 Å². The Morgan fingerprint density at radius 1 is 1.18 bits per heavy atom. The third kappa shape index (κ3) is 4.74. The number of nitrogens with one attached hydrogen (secondary N) is 1. The molecule has 202 valence electrons. The number of anilines is 3. The summed E-state index contributed by atoms with van der Waals surface area (Å²) in [4.78, 5) is 26.2. The van der Waals surface area contributed by atoms with Crippen LogP contribution in [-0.4, -0.2) is 41.7 Å². The zero-order valence-electron chi connectivity index (χ0n) is 21.1. The number of urea groups is 1. The van der Waals surface area contributed by atoms with Crippen molar-refractivity contribution < 1.29 is 22.4 Å². The Morgan fingerprint density at radius 2 is 2.05 bits per heavy atom. The Labute approximate surface area is 227 Å². The largest absolute Gasteiger partial charge is 0.443 e. The van der Waals surface area contributed by atoms with E-state index < -0.39 is 17.8 Å². The van der Waals surface area contributed by atoms with Crippen molar-refractivity contribution in [1.82, 2.24) is 9.97 Å². The summed E-state index contributed by atoms with van der Waals surface area (Å²) >= 11 is 0. The summed E-state index contributed by atoms with van der Waals surface area (Å²) in [6.45, 7) is 1.58. The maximum atomic E-state index is 13.7. The van der Waals surface area contributed by atoms with Crippen molar-refractivity contribution in [2.75, 3.05) is 34.8 Å². The van der Waals surface area contributed by atoms with E-state index in [2.05, 4.69) is 27.0 Å². The summed E-state index contributed by atoms with van der Waals surface area (Å²) in [6, 6.07) is 13.2. The van der Waals surface area contributed by atoms with Crippen molar-refractivity contribution >= 4 is 23.2 Å². The maximum Gasteiger partial charge on any atom is 0.416 e. The minimum atomic E-state index is -4.48. The van der Waals surface area contributed by atoms with Crippen LogP contribution in [0, 0.1) is 11.8 Å². The average molecular weight is 545 g/mol. The SMILES string of the molecule is NCC#Cc1ccc(NC(=O)N2c3nc(-c4cccc(C(F)(F)F)c4)ccc3N3CC[C@H]2C3)cc1-c1cnco1. The molecule has 2 aromatic carbocycles. The van der Waals surface area contributed by atoms with Crippen LogP contribution in [0.2, 0.25) is 0 Å². The fourth-order valence-electron chi connectivity index (χ4n) is 5.10. The molecule has 11 heteroatoms. The van der Waals surface area contributed by atoms with Gasteiger partial charge in [-0.25, -0.2) is 14.8 Å². The summed E-state index contributed by atoms with van der Waals surface area (Å²) in [5, 5.41) is 2.95. The van der Waals surface area contributed by atoms with Crippen LogP contribution in [0.5, 0.6) is 0 Å². The highest BCUT2D eigenvalue weighted by Crippen LogP contribution is 2.41. The monoisotopic (exact) mass is 544 g/mol. The number of carbonyl (C=O) groups is 1. The first kappa shape index (κ1) is 25.5. The van der Waals surface area contributed by atoms with Gasteiger partial charge in [0.1, 0.15) is 0 Å². The van der Waals surface area contributed by atoms with E-state index >= 15 is 0 Å². The predicted molar refractivity (Wildman–Crippen MR) is 145 cm³/mol. The second-order valence-corrected chi connectivity index (χ2v) is 9.44. The minimum Gasteiger partial charge on any atom is -0.443 e. The summed E-state index contributed by atoms with van der Waals surface area (Å²) < 4.78 is 45.5. The highest BCUT2D eigenvalue weighted by Gasteiger charge is 2.40. The topological polar surface area (TPSA) is 101 Å². The number of pyridine rings is 1. The van der Waals surface area contributed by atoms with E-state index in [9.17, 15) is 18.0 Å². The third-order valence-corrected chi connectivity index (χ3v) is 6.95. The number of halogens is 3. The number of aromatic nitrogens is 2. The number of carbonyl (C=O) groups excluding carboxylic acids is 1. The molecule has 4 heterocycles. The zero-order valence-corrected chi connectivity index (χ0v) is 21.1. The molecule has 1 saturated heterocycles. The molecule has 8 nitrogen and oxygen atoms in total. The molecule has 0 saturated carbocycles. The molecular weight excluding hydrogens is 521 g/mol. The maximum absolute atomic E-state index is 13.7. The molecule has 2 bridgehead atoms. The molecule has 4 aromatic rings. The summed E-state index contributed by atoms with van der Waals surface area (Å²) in [5.74, 6) is 6.72. The first-order valence-electron chi connectivity index (χ1n) is 12.6. The molecule has 2 amide bonds. The van der Waals surface area contributed by atoms with Gasteiger partial charge in [-0.05, 0) is 48.9 Å². The third-order valence-electron chi connectivity index (χ3n) is 6.95. The lowest BCUT2D eigenvalue weighted by Gasteiger charge is -2.36. The molecule has 2 aliphatic rings. The lowest BCUT2D eigenvalue weighted by molar-refractivity contribution is -0.137. The van der Waals surface area contributed by atoms with Crippen molar-refractivity contribution in [3.05, 3.63) is 78.3 Å². The molecule has 2 aromatic heterocycles. The van der Waals surface area contributed by atoms with Gasteiger partial charge in [0.15, 0.2) is 18.0 Å². The molecule has 1 fully saturated rings. The van der Waals surface area contributed by atoms with Crippen molar-refractivity contribution in [3.63, 3.8) is 0 Å². The van der Waals surface area contributed by atoms with E-state index in [1.165, 1.54) is 12.5 Å². The van der Waals surface area contributed by atoms with Crippen LogP contribution in [-0.2, 0) is 6.18 Å². The zero-order chi connectivity index (χ0) is 27.9. The molecule has 6 rings (SSSR count). The number of benzene rings is 2. The van der Waals surface area contributed by atoms with Crippen LogP contribution in [0.3, 0.4) is 0 Å². The Balaban J connectivity index is 1.35. The number of hydrogen-bond donors (Lipinski definition) is 2. The second kappa shape index (κ2) is 10.1. The van der Waals surface area contributed by atoms with Crippen LogP contribution >= 0.6 is 0 Å². The fourth-order valence-corrected chi connectivity index (χ4v) is 5.10. The van der Waals surface area contributed by atoms with Gasteiger partial charge in [-0.3, -0.25) is 4.90 Å². The number of nitrogens with two attached hydrogens (primary N) is 1. The smallest absolute Gasteiger partial charge is 0.416 e. The second-order valence-electron chi connectivity index (χ2n) is 9.44. The molecule has 0 unspecified atom stereocenters. The first-order valence-corrected chi connectivity index (χ1v) is 12.6. The van der Waals surface area contributed by atoms with E-state index in [-0.39, 0.29) is 12.6 Å². The molecular formula is C29H23F3N6O2. The number of rotatable bonds is 3. The van der Waals surface area contributed by atoms with Crippen LogP contribution < -0.4 is 20.9 Å². The van der Waals surface area contributed by atoms with Gasteiger partial charge in [0.25, 0.3) is 0 Å². The molecule has 2 aliphatic heterocycles. The van der Waals surface area contributed by atoms with Crippen molar-refractivity contribution in [1.29, 1.82) is 0 Å². The quantitative estimate of drug-likeness (QED) is 0.337. The molecule has 0 spiro atoms. The van der Waals surface area contributed by atoms with E-state index in [0.717, 1.165) is 30.8 Å². The van der Waals surface area contributed by atoms with Gasteiger partial charge >= 0.3 is 12.2 Å². The number of hydrogen-bond acceptors (Lipinski definition) is 6. The Hall–Kier alpha value is -4.82. The molecule has 0 aliphatic carbocycles. The number of alkyl halides is 3. The highest BCUT2D eigenvalue weighted by molar-refractivity contribution is 6.05. The van der Waals surface area contributed by atoms with Crippen LogP contribution in [0.25, 0.3) is 22.6 Å². The number of fused-ring (bicyclic) bond motifs is 4. The van der Waals surface area contributed by atoms with E-state index in [0.29, 0.717) is 46.2 Å². The van der Waals surface area contributed by atoms with Crippen LogP contribution in [0.15, 0.2) is 71.6 Å². The van der Waals surface area contributed by atoms with Crippen molar-refractivity contribution in [2.24, 2.45) is 5.73 Å². The lowest BCUT2D eigenvalue weighted by Crippen LogP contribution is -2.48. The van der Waals surface area contributed by atoms with Crippen molar-refractivity contribution in [3.8, 4) is 34.4 Å². The van der Waals surface area contributed by atoms with E-state index in [1.807, 2.05) is 6.07 Å². The summed E-state index contributed by atoms with van der Waals surface area (Å²) in [5.41, 5.74) is 8.02. The first-order chi connectivity index (χ1) is 19.3.